The van der Waals surface area contributed by atoms with Gasteiger partial charge in [0.05, 0.1) is 0 Å². The van der Waals surface area contributed by atoms with Gasteiger partial charge in [-0.3, -0.25) is 9.59 Å². The Kier molecular flexibility index (Phi) is 7.39. The molecule has 3 aromatic rings. The number of carboxylic acid groups (broad SMARTS) is 1. The summed E-state index contributed by atoms with van der Waals surface area (Å²) in [7, 11) is 0. The highest BCUT2D eigenvalue weighted by atomic mass is 16.4. The van der Waals surface area contributed by atoms with E-state index in [1.165, 1.54) is 6.92 Å². The number of nitrogens with one attached hydrogen (secondary N) is 2. The molecule has 0 bridgehead atoms. The van der Waals surface area contributed by atoms with E-state index in [1.807, 2.05) is 91.0 Å². The summed E-state index contributed by atoms with van der Waals surface area (Å²) in [6.07, 6.45) is -0.0826. The molecule has 0 unspecified atom stereocenters. The second kappa shape index (κ2) is 10.4. The largest absolute Gasteiger partial charge is 0.480 e. The molecule has 0 radical (unpaired) electrons. The highest BCUT2D eigenvalue weighted by molar-refractivity contribution is 5.84. The molecule has 3 rings (SSSR count). The molecule has 0 aromatic heterocycles. The monoisotopic (exact) mass is 430 g/mol. The Bertz CT molecular complexity index is 956. The minimum atomic E-state index is -1.17. The van der Waals surface area contributed by atoms with Crippen LogP contribution >= 0.6 is 0 Å². The lowest BCUT2D eigenvalue weighted by Gasteiger charge is -2.37. The lowest BCUT2D eigenvalue weighted by molar-refractivity contribution is -0.141. The third-order valence-electron chi connectivity index (χ3n) is 5.28. The van der Waals surface area contributed by atoms with Crippen molar-refractivity contribution in [3.8, 4) is 0 Å². The quantitative estimate of drug-likeness (QED) is 0.453. The van der Waals surface area contributed by atoms with Gasteiger partial charge in [0.1, 0.15) is 11.6 Å². The number of carbonyl (C=O) groups excluding carboxylic acids is 2. The third-order valence-corrected chi connectivity index (χ3v) is 5.28. The molecular weight excluding hydrogens is 404 g/mol. The second-order valence-corrected chi connectivity index (χ2v) is 7.53. The van der Waals surface area contributed by atoms with E-state index >= 15 is 0 Å². The highest BCUT2D eigenvalue weighted by Crippen LogP contribution is 2.36. The molecule has 0 aliphatic rings. The van der Waals surface area contributed by atoms with Crippen LogP contribution < -0.4 is 10.6 Å². The Labute approximate surface area is 187 Å². The maximum atomic E-state index is 13.2. The molecule has 3 aromatic carbocycles. The van der Waals surface area contributed by atoms with Crippen LogP contribution in [0.25, 0.3) is 0 Å². The normalized spacial score (nSPS) is 11.9. The van der Waals surface area contributed by atoms with Crippen LogP contribution in [-0.2, 0) is 19.9 Å². The first-order valence-corrected chi connectivity index (χ1v) is 10.4. The number of hydrogen-bond donors (Lipinski definition) is 3. The Hall–Kier alpha value is -3.93. The minimum absolute atomic E-state index is 0.0187. The van der Waals surface area contributed by atoms with E-state index in [2.05, 4.69) is 10.6 Å². The number of amides is 2. The fourth-order valence-electron chi connectivity index (χ4n) is 3.83. The SMILES string of the molecule is CC(=O)N[C@H](CCC(=O)NC(c1ccccc1)(c1ccccc1)c1ccccc1)C(=O)O. The lowest BCUT2D eigenvalue weighted by atomic mass is 9.77. The van der Waals surface area contributed by atoms with E-state index in [4.69, 9.17) is 0 Å². The zero-order valence-corrected chi connectivity index (χ0v) is 17.8. The van der Waals surface area contributed by atoms with Gasteiger partial charge in [0.25, 0.3) is 0 Å². The minimum Gasteiger partial charge on any atom is -0.480 e. The van der Waals surface area contributed by atoms with Crippen molar-refractivity contribution in [2.45, 2.75) is 31.3 Å². The van der Waals surface area contributed by atoms with Crippen LogP contribution in [0.3, 0.4) is 0 Å². The number of rotatable bonds is 9. The molecule has 32 heavy (non-hydrogen) atoms. The lowest BCUT2D eigenvalue weighted by Crippen LogP contribution is -2.48. The maximum Gasteiger partial charge on any atom is 0.326 e. The van der Waals surface area contributed by atoms with E-state index in [-0.39, 0.29) is 18.7 Å². The number of benzene rings is 3. The molecule has 0 fully saturated rings. The molecule has 3 N–H and O–H groups in total. The fraction of sp³-hybridized carbons (Fsp3) is 0.192. The standard InChI is InChI=1S/C26H26N2O4/c1-19(29)27-23(25(31)32)17-18-24(30)28-26(20-11-5-2-6-12-20,21-13-7-3-8-14-21)22-15-9-4-10-16-22/h2-16,23H,17-18H2,1H3,(H,27,29)(H,28,30)(H,31,32)/t23-/m1/s1. The number of hydrogen-bond acceptors (Lipinski definition) is 3. The molecule has 0 heterocycles. The average molecular weight is 431 g/mol. The Balaban J connectivity index is 2.01. The number of carboxylic acids is 1. The topological polar surface area (TPSA) is 95.5 Å². The van der Waals surface area contributed by atoms with Crippen molar-refractivity contribution in [1.29, 1.82) is 0 Å². The van der Waals surface area contributed by atoms with Gasteiger partial charge in [0.15, 0.2) is 0 Å². The van der Waals surface area contributed by atoms with Crippen molar-refractivity contribution >= 4 is 17.8 Å². The molecule has 0 saturated carbocycles. The molecule has 0 saturated heterocycles. The van der Waals surface area contributed by atoms with Gasteiger partial charge in [0.2, 0.25) is 11.8 Å². The zero-order chi connectivity index (χ0) is 23.0. The fourth-order valence-corrected chi connectivity index (χ4v) is 3.83. The molecule has 6 heteroatoms. The first-order chi connectivity index (χ1) is 15.4. The molecular formula is C26H26N2O4. The Morgan fingerprint density at radius 2 is 1.19 bits per heavy atom. The zero-order valence-electron chi connectivity index (χ0n) is 17.8. The van der Waals surface area contributed by atoms with Crippen LogP contribution in [0.4, 0.5) is 0 Å². The molecule has 0 aliphatic heterocycles. The summed E-state index contributed by atoms with van der Waals surface area (Å²) in [6, 6.07) is 27.8. The summed E-state index contributed by atoms with van der Waals surface area (Å²) in [5, 5.41) is 14.9. The molecule has 0 spiro atoms. The van der Waals surface area contributed by atoms with E-state index in [0.29, 0.717) is 0 Å². The van der Waals surface area contributed by atoms with Gasteiger partial charge in [-0.05, 0) is 23.1 Å². The van der Waals surface area contributed by atoms with Crippen LogP contribution in [0.15, 0.2) is 91.0 Å². The summed E-state index contributed by atoms with van der Waals surface area (Å²) < 4.78 is 0. The average Bonchev–Trinajstić information content (AvgIpc) is 2.81. The van der Waals surface area contributed by atoms with E-state index in [0.717, 1.165) is 16.7 Å². The van der Waals surface area contributed by atoms with Gasteiger partial charge >= 0.3 is 5.97 Å². The highest BCUT2D eigenvalue weighted by Gasteiger charge is 2.37. The molecule has 6 nitrogen and oxygen atoms in total. The molecule has 0 aliphatic carbocycles. The van der Waals surface area contributed by atoms with Gasteiger partial charge in [-0.2, -0.15) is 0 Å². The van der Waals surface area contributed by atoms with E-state index in [9.17, 15) is 19.5 Å². The Morgan fingerprint density at radius 1 is 0.781 bits per heavy atom. The van der Waals surface area contributed by atoms with Gasteiger partial charge < -0.3 is 15.7 Å². The van der Waals surface area contributed by atoms with Gasteiger partial charge in [-0.1, -0.05) is 91.0 Å². The molecule has 1 atom stereocenters. The number of carbonyl (C=O) groups is 3. The van der Waals surface area contributed by atoms with Crippen LogP contribution in [0.1, 0.15) is 36.5 Å². The summed E-state index contributed by atoms with van der Waals surface area (Å²) in [5.41, 5.74) is 1.67. The van der Waals surface area contributed by atoms with Crippen molar-refractivity contribution in [2.75, 3.05) is 0 Å². The van der Waals surface area contributed by atoms with Crippen LogP contribution in [0.2, 0.25) is 0 Å². The van der Waals surface area contributed by atoms with Crippen LogP contribution in [0, 0.1) is 0 Å². The second-order valence-electron chi connectivity index (χ2n) is 7.53. The Morgan fingerprint density at radius 3 is 1.53 bits per heavy atom. The summed E-state index contributed by atoms with van der Waals surface area (Å²) in [5.74, 6) is -1.95. The van der Waals surface area contributed by atoms with Crippen molar-refractivity contribution < 1.29 is 19.5 Å². The van der Waals surface area contributed by atoms with Crippen molar-refractivity contribution in [3.63, 3.8) is 0 Å². The third kappa shape index (κ3) is 5.21. The summed E-state index contributed by atoms with van der Waals surface area (Å²) in [6.45, 7) is 1.25. The molecule has 164 valence electrons. The van der Waals surface area contributed by atoms with Gasteiger partial charge in [0, 0.05) is 13.3 Å². The van der Waals surface area contributed by atoms with E-state index < -0.39 is 23.5 Å². The smallest absolute Gasteiger partial charge is 0.326 e. The van der Waals surface area contributed by atoms with Crippen LogP contribution in [0.5, 0.6) is 0 Å². The van der Waals surface area contributed by atoms with E-state index in [1.54, 1.807) is 0 Å². The van der Waals surface area contributed by atoms with Crippen molar-refractivity contribution in [2.24, 2.45) is 0 Å². The molecule has 2 amide bonds. The van der Waals surface area contributed by atoms with Crippen molar-refractivity contribution in [3.05, 3.63) is 108 Å². The summed E-state index contributed by atoms with van der Waals surface area (Å²) in [4.78, 5) is 35.9. The predicted octanol–water partition coefficient (Wildman–Crippen LogP) is 3.46. The summed E-state index contributed by atoms with van der Waals surface area (Å²) >= 11 is 0. The first kappa shape index (κ1) is 22.7. The van der Waals surface area contributed by atoms with Gasteiger partial charge in [-0.25, -0.2) is 4.79 Å². The maximum absolute atomic E-state index is 13.2. The predicted molar refractivity (Wildman–Crippen MR) is 122 cm³/mol. The van der Waals surface area contributed by atoms with Crippen molar-refractivity contribution in [1.82, 2.24) is 10.6 Å². The first-order valence-electron chi connectivity index (χ1n) is 10.4. The van der Waals surface area contributed by atoms with Gasteiger partial charge in [-0.15, -0.1) is 0 Å². The van der Waals surface area contributed by atoms with Crippen LogP contribution in [-0.4, -0.2) is 28.9 Å². The number of aliphatic carboxylic acids is 1.